The molecule has 0 radical (unpaired) electrons. The molecular weight excluding hydrogens is 546 g/mol. The Hall–Kier alpha value is -3.70. The molecule has 4 heterocycles. The Morgan fingerprint density at radius 3 is 2.60 bits per heavy atom. The second-order valence-corrected chi connectivity index (χ2v) is 13.4. The molecule has 3 aromatic rings. The lowest BCUT2D eigenvalue weighted by molar-refractivity contribution is -0.108. The summed E-state index contributed by atoms with van der Waals surface area (Å²) < 4.78 is 13.8. The van der Waals surface area contributed by atoms with Gasteiger partial charge in [0.25, 0.3) is 0 Å². The van der Waals surface area contributed by atoms with E-state index in [0.29, 0.717) is 35.1 Å². The number of hydrogen-bond acceptors (Lipinski definition) is 9. The van der Waals surface area contributed by atoms with Crippen molar-refractivity contribution in [2.45, 2.75) is 77.2 Å². The number of ether oxygens (including phenoxy) is 2. The Kier molecular flexibility index (Phi) is 7.80. The molecule has 3 fully saturated rings. The maximum Gasteiger partial charge on any atom is 0.410 e. The molecule has 2 aliphatic heterocycles. The monoisotopic (exact) mass is 589 g/mol. The van der Waals surface area contributed by atoms with Crippen LogP contribution in [0, 0.1) is 5.41 Å². The number of benzene rings is 1. The van der Waals surface area contributed by atoms with Crippen molar-refractivity contribution < 1.29 is 19.4 Å². The first-order valence-corrected chi connectivity index (χ1v) is 15.3. The lowest BCUT2D eigenvalue weighted by atomic mass is 9.60. The van der Waals surface area contributed by atoms with E-state index in [1.807, 2.05) is 48.7 Å². The summed E-state index contributed by atoms with van der Waals surface area (Å²) in [4.78, 5) is 17.0. The topological polar surface area (TPSA) is 132 Å². The van der Waals surface area contributed by atoms with Crippen molar-refractivity contribution in [1.82, 2.24) is 29.8 Å². The molecule has 2 atom stereocenters. The fraction of sp³-hybridized carbons (Fsp3) is 0.562. The number of likely N-dealkylation sites (tertiary alicyclic amines) is 1. The number of rotatable bonds is 5. The van der Waals surface area contributed by atoms with E-state index in [2.05, 4.69) is 27.1 Å². The van der Waals surface area contributed by atoms with Gasteiger partial charge in [-0.15, -0.1) is 10.2 Å². The van der Waals surface area contributed by atoms with Crippen molar-refractivity contribution >= 4 is 11.9 Å². The summed E-state index contributed by atoms with van der Waals surface area (Å²) in [6.07, 6.45) is 8.03. The SMILES string of the molecule is CC([C@@H]1CN(C2CC3(CCN(C(=O)OC(C)(C)C)CC3)C2)CCO1)n1cc(-c2cc(-c3ccccc3O)nnc2N)cn1. The van der Waals surface area contributed by atoms with Crippen molar-refractivity contribution in [3.8, 4) is 28.1 Å². The van der Waals surface area contributed by atoms with Gasteiger partial charge in [0.1, 0.15) is 11.4 Å². The molecule has 11 heteroatoms. The number of phenols is 1. The average Bonchev–Trinajstić information content (AvgIpc) is 3.45. The van der Waals surface area contributed by atoms with Gasteiger partial charge in [-0.3, -0.25) is 9.58 Å². The number of para-hydroxylation sites is 1. The number of amides is 1. The van der Waals surface area contributed by atoms with Crippen LogP contribution in [0.5, 0.6) is 5.75 Å². The number of aromatic hydroxyl groups is 1. The van der Waals surface area contributed by atoms with Crippen molar-refractivity contribution in [3.05, 3.63) is 42.7 Å². The first kappa shape index (κ1) is 29.4. The van der Waals surface area contributed by atoms with Crippen LogP contribution in [0.15, 0.2) is 42.7 Å². The molecule has 3 aliphatic rings. The minimum atomic E-state index is -0.462. The van der Waals surface area contributed by atoms with E-state index in [1.165, 1.54) is 12.8 Å². The molecule has 1 aliphatic carbocycles. The Balaban J connectivity index is 1.06. The van der Waals surface area contributed by atoms with E-state index >= 15 is 0 Å². The fourth-order valence-corrected chi connectivity index (χ4v) is 6.74. The molecule has 3 N–H and O–H groups in total. The molecule has 2 saturated heterocycles. The van der Waals surface area contributed by atoms with E-state index < -0.39 is 5.60 Å². The minimum absolute atomic E-state index is 0.0109. The van der Waals surface area contributed by atoms with Gasteiger partial charge in [0, 0.05) is 55.1 Å². The number of piperidine rings is 1. The third kappa shape index (κ3) is 6.19. The number of nitrogens with two attached hydrogens (primary N) is 1. The Morgan fingerprint density at radius 1 is 1.14 bits per heavy atom. The van der Waals surface area contributed by atoms with Crippen LogP contribution in [0.2, 0.25) is 0 Å². The van der Waals surface area contributed by atoms with Crippen LogP contribution in [-0.4, -0.2) is 91.5 Å². The second kappa shape index (κ2) is 11.4. The molecule has 11 nitrogen and oxygen atoms in total. The molecule has 230 valence electrons. The lowest BCUT2D eigenvalue weighted by Gasteiger charge is -2.56. The smallest absolute Gasteiger partial charge is 0.410 e. The zero-order valence-electron chi connectivity index (χ0n) is 25.6. The minimum Gasteiger partial charge on any atom is -0.507 e. The predicted molar refractivity (Wildman–Crippen MR) is 163 cm³/mol. The zero-order chi connectivity index (χ0) is 30.4. The number of morpholine rings is 1. The van der Waals surface area contributed by atoms with E-state index in [9.17, 15) is 9.90 Å². The fourth-order valence-electron chi connectivity index (χ4n) is 6.74. The first-order valence-electron chi connectivity index (χ1n) is 15.3. The molecule has 6 rings (SSSR count). The number of anilines is 1. The summed E-state index contributed by atoms with van der Waals surface area (Å²) in [7, 11) is 0. The number of phenolic OH excluding ortho intramolecular Hbond substituents is 1. The highest BCUT2D eigenvalue weighted by Gasteiger charge is 2.49. The van der Waals surface area contributed by atoms with Gasteiger partial charge in [-0.1, -0.05) is 12.1 Å². The number of aromatic nitrogens is 4. The quantitative estimate of drug-likeness (QED) is 0.433. The summed E-state index contributed by atoms with van der Waals surface area (Å²) >= 11 is 0. The van der Waals surface area contributed by atoms with Crippen LogP contribution in [0.25, 0.3) is 22.4 Å². The maximum atomic E-state index is 12.5. The standard InChI is InChI=1S/C32H43N7O4/c1-21(39-19-22(18-34-39)25-15-26(35-36-29(25)33)24-7-5-6-8-27(24)40)28-20-38(13-14-42-28)23-16-32(17-23)9-11-37(12-10-32)30(41)43-31(2,3)4/h5-8,15,18-19,21,23,28,40H,9-14,16-17,20H2,1-4H3,(H2,33,36)/t21?,28-/m0/s1. The molecule has 1 amide bonds. The summed E-state index contributed by atoms with van der Waals surface area (Å²) in [5, 5.41) is 23.3. The molecule has 43 heavy (non-hydrogen) atoms. The Labute approximate surface area is 253 Å². The highest BCUT2D eigenvalue weighted by Crippen LogP contribution is 2.51. The molecule has 1 spiro atoms. The number of hydrogen-bond donors (Lipinski definition) is 2. The van der Waals surface area contributed by atoms with E-state index in [4.69, 9.17) is 15.2 Å². The van der Waals surface area contributed by atoms with Gasteiger partial charge >= 0.3 is 6.09 Å². The van der Waals surface area contributed by atoms with Gasteiger partial charge in [0.15, 0.2) is 5.82 Å². The lowest BCUT2D eigenvalue weighted by Crippen LogP contribution is -2.59. The van der Waals surface area contributed by atoms with E-state index in [-0.39, 0.29) is 24.0 Å². The molecule has 1 aromatic carbocycles. The van der Waals surface area contributed by atoms with Crippen LogP contribution >= 0.6 is 0 Å². The van der Waals surface area contributed by atoms with Gasteiger partial charge < -0.3 is 25.2 Å². The van der Waals surface area contributed by atoms with Gasteiger partial charge in [-0.25, -0.2) is 4.79 Å². The average molecular weight is 590 g/mol. The van der Waals surface area contributed by atoms with Crippen molar-refractivity contribution in [3.63, 3.8) is 0 Å². The van der Waals surface area contributed by atoms with E-state index in [1.54, 1.807) is 24.4 Å². The molecule has 2 aromatic heterocycles. The number of carbonyl (C=O) groups is 1. The molecular formula is C32H43N7O4. The van der Waals surface area contributed by atoms with Crippen molar-refractivity contribution in [2.24, 2.45) is 5.41 Å². The summed E-state index contributed by atoms with van der Waals surface area (Å²) in [5.74, 6) is 0.446. The van der Waals surface area contributed by atoms with Crippen LogP contribution < -0.4 is 5.73 Å². The van der Waals surface area contributed by atoms with Crippen LogP contribution in [0.4, 0.5) is 10.6 Å². The number of carbonyl (C=O) groups excluding carboxylic acids is 1. The van der Waals surface area contributed by atoms with E-state index in [0.717, 1.165) is 50.1 Å². The zero-order valence-corrected chi connectivity index (χ0v) is 25.6. The normalized spacial score (nSPS) is 21.9. The van der Waals surface area contributed by atoms with Gasteiger partial charge in [0.2, 0.25) is 0 Å². The Morgan fingerprint density at radius 2 is 1.88 bits per heavy atom. The summed E-state index contributed by atoms with van der Waals surface area (Å²) in [6, 6.07) is 9.45. The van der Waals surface area contributed by atoms with Crippen LogP contribution in [-0.2, 0) is 9.47 Å². The third-order valence-electron chi connectivity index (χ3n) is 9.32. The molecule has 0 bridgehead atoms. The largest absolute Gasteiger partial charge is 0.507 e. The summed E-state index contributed by atoms with van der Waals surface area (Å²) in [6.45, 7) is 11.9. The number of nitrogen functional groups attached to an aromatic ring is 1. The first-order chi connectivity index (χ1) is 20.5. The van der Waals surface area contributed by atoms with Crippen molar-refractivity contribution in [2.75, 3.05) is 38.5 Å². The highest BCUT2D eigenvalue weighted by molar-refractivity contribution is 5.78. The highest BCUT2D eigenvalue weighted by atomic mass is 16.6. The van der Waals surface area contributed by atoms with Gasteiger partial charge in [-0.2, -0.15) is 5.10 Å². The Bertz CT molecular complexity index is 1450. The van der Waals surface area contributed by atoms with Gasteiger partial charge in [-0.05, 0) is 77.0 Å². The van der Waals surface area contributed by atoms with Crippen molar-refractivity contribution in [1.29, 1.82) is 0 Å². The number of nitrogens with zero attached hydrogens (tertiary/aromatic N) is 6. The molecule has 1 unspecified atom stereocenters. The molecule has 1 saturated carbocycles. The van der Waals surface area contributed by atoms with Gasteiger partial charge in [0.05, 0.1) is 30.6 Å². The summed E-state index contributed by atoms with van der Waals surface area (Å²) in [5.41, 5.74) is 8.79. The van der Waals surface area contributed by atoms with Crippen LogP contribution in [0.1, 0.15) is 59.4 Å². The van der Waals surface area contributed by atoms with Crippen LogP contribution in [0.3, 0.4) is 0 Å². The predicted octanol–water partition coefficient (Wildman–Crippen LogP) is 4.74. The second-order valence-electron chi connectivity index (χ2n) is 13.4. The third-order valence-corrected chi connectivity index (χ3v) is 9.32. The maximum absolute atomic E-state index is 12.5.